The highest BCUT2D eigenvalue weighted by atomic mass is 16.7. The molecule has 82 valence electrons. The monoisotopic (exact) mass is 207 g/mol. The van der Waals surface area contributed by atoms with Gasteiger partial charge in [-0.25, -0.2) is 0 Å². The molecule has 1 heterocycles. The zero-order valence-electron chi connectivity index (χ0n) is 9.19. The van der Waals surface area contributed by atoms with E-state index in [4.69, 9.17) is 9.47 Å². The lowest BCUT2D eigenvalue weighted by atomic mass is 10.1. The van der Waals surface area contributed by atoms with Crippen LogP contribution in [0.1, 0.15) is 13.3 Å². The number of fused-ring (bicyclic) bond motifs is 1. The Morgan fingerprint density at radius 3 is 2.40 bits per heavy atom. The number of ether oxygens (including phenoxy) is 2. The molecule has 0 bridgehead atoms. The molecular weight excluding hydrogens is 190 g/mol. The largest absolute Gasteiger partial charge is 0.451 e. The van der Waals surface area contributed by atoms with Gasteiger partial charge in [0.05, 0.1) is 0 Å². The van der Waals surface area contributed by atoms with Crippen LogP contribution >= 0.6 is 0 Å². The van der Waals surface area contributed by atoms with E-state index >= 15 is 0 Å². The van der Waals surface area contributed by atoms with Gasteiger partial charge in [0.2, 0.25) is 6.29 Å². The van der Waals surface area contributed by atoms with E-state index in [0.29, 0.717) is 5.92 Å². The SMILES string of the molecule is CNCCC(C)C1Oc2ccccc2O1. The summed E-state index contributed by atoms with van der Waals surface area (Å²) in [4.78, 5) is 0. The summed E-state index contributed by atoms with van der Waals surface area (Å²) in [5, 5.41) is 3.13. The minimum atomic E-state index is -0.129. The molecule has 1 aliphatic heterocycles. The van der Waals surface area contributed by atoms with Crippen molar-refractivity contribution in [1.29, 1.82) is 0 Å². The van der Waals surface area contributed by atoms with Gasteiger partial charge in [0.15, 0.2) is 11.5 Å². The fraction of sp³-hybridized carbons (Fsp3) is 0.500. The van der Waals surface area contributed by atoms with E-state index in [0.717, 1.165) is 24.5 Å². The fourth-order valence-electron chi connectivity index (χ4n) is 1.66. The van der Waals surface area contributed by atoms with Crippen LogP contribution in [0.4, 0.5) is 0 Å². The van der Waals surface area contributed by atoms with E-state index in [1.807, 2.05) is 31.3 Å². The molecule has 2 rings (SSSR count). The van der Waals surface area contributed by atoms with Crippen LogP contribution < -0.4 is 14.8 Å². The quantitative estimate of drug-likeness (QED) is 0.819. The summed E-state index contributed by atoms with van der Waals surface area (Å²) in [7, 11) is 1.96. The van der Waals surface area contributed by atoms with Crippen molar-refractivity contribution in [2.75, 3.05) is 13.6 Å². The Labute approximate surface area is 90.4 Å². The van der Waals surface area contributed by atoms with Crippen molar-refractivity contribution in [3.63, 3.8) is 0 Å². The Morgan fingerprint density at radius 2 is 1.87 bits per heavy atom. The molecule has 15 heavy (non-hydrogen) atoms. The predicted molar refractivity (Wildman–Crippen MR) is 59.2 cm³/mol. The molecule has 0 spiro atoms. The van der Waals surface area contributed by atoms with Gasteiger partial charge in [0.25, 0.3) is 0 Å². The average molecular weight is 207 g/mol. The Morgan fingerprint density at radius 1 is 1.27 bits per heavy atom. The highest BCUT2D eigenvalue weighted by Crippen LogP contribution is 2.36. The average Bonchev–Trinajstić information content (AvgIpc) is 2.69. The summed E-state index contributed by atoms with van der Waals surface area (Å²) >= 11 is 0. The number of hydrogen-bond acceptors (Lipinski definition) is 3. The van der Waals surface area contributed by atoms with Crippen molar-refractivity contribution in [2.24, 2.45) is 5.92 Å². The van der Waals surface area contributed by atoms with Crippen LogP contribution in [0.2, 0.25) is 0 Å². The Hall–Kier alpha value is -1.22. The van der Waals surface area contributed by atoms with E-state index in [1.165, 1.54) is 0 Å². The Balaban J connectivity index is 1.94. The standard InChI is InChI=1S/C12H17NO2/c1-9(7-8-13-2)12-14-10-5-3-4-6-11(10)15-12/h3-6,9,12-13H,7-8H2,1-2H3. The molecule has 1 unspecified atom stereocenters. The molecule has 1 aromatic carbocycles. The maximum absolute atomic E-state index is 5.72. The van der Waals surface area contributed by atoms with E-state index in [1.54, 1.807) is 0 Å². The van der Waals surface area contributed by atoms with E-state index in [9.17, 15) is 0 Å². The zero-order valence-corrected chi connectivity index (χ0v) is 9.19. The number of hydrogen-bond donors (Lipinski definition) is 1. The molecule has 1 aliphatic rings. The molecule has 3 nitrogen and oxygen atoms in total. The van der Waals surface area contributed by atoms with Gasteiger partial charge in [-0.05, 0) is 32.1 Å². The van der Waals surface area contributed by atoms with E-state index in [-0.39, 0.29) is 6.29 Å². The summed E-state index contributed by atoms with van der Waals surface area (Å²) in [6, 6.07) is 7.81. The van der Waals surface area contributed by atoms with Crippen molar-refractivity contribution in [1.82, 2.24) is 5.32 Å². The Kier molecular flexibility index (Phi) is 3.11. The number of benzene rings is 1. The number of rotatable bonds is 4. The lowest BCUT2D eigenvalue weighted by Gasteiger charge is -2.17. The van der Waals surface area contributed by atoms with Crippen molar-refractivity contribution in [3.8, 4) is 11.5 Å². The van der Waals surface area contributed by atoms with Crippen LogP contribution in [0, 0.1) is 5.92 Å². The number of para-hydroxylation sites is 2. The molecule has 0 aromatic heterocycles. The van der Waals surface area contributed by atoms with Crippen LogP contribution in [0.5, 0.6) is 11.5 Å². The van der Waals surface area contributed by atoms with Crippen molar-refractivity contribution in [2.45, 2.75) is 19.6 Å². The first-order valence-corrected chi connectivity index (χ1v) is 5.38. The van der Waals surface area contributed by atoms with E-state index in [2.05, 4.69) is 12.2 Å². The maximum atomic E-state index is 5.72. The minimum absolute atomic E-state index is 0.129. The molecule has 0 saturated carbocycles. The van der Waals surface area contributed by atoms with E-state index < -0.39 is 0 Å². The van der Waals surface area contributed by atoms with Gasteiger partial charge in [-0.15, -0.1) is 0 Å². The molecule has 1 atom stereocenters. The third-order valence-electron chi connectivity index (χ3n) is 2.65. The smallest absolute Gasteiger partial charge is 0.244 e. The van der Waals surface area contributed by atoms with Crippen LogP contribution in [0.15, 0.2) is 24.3 Å². The third-order valence-corrected chi connectivity index (χ3v) is 2.65. The van der Waals surface area contributed by atoms with Crippen LogP contribution in [-0.4, -0.2) is 19.9 Å². The molecule has 0 fully saturated rings. The molecule has 1 N–H and O–H groups in total. The van der Waals surface area contributed by atoms with Gasteiger partial charge in [0.1, 0.15) is 0 Å². The second-order valence-electron chi connectivity index (χ2n) is 3.92. The maximum Gasteiger partial charge on any atom is 0.244 e. The fourth-order valence-corrected chi connectivity index (χ4v) is 1.66. The summed E-state index contributed by atoms with van der Waals surface area (Å²) in [6.45, 7) is 3.13. The summed E-state index contributed by atoms with van der Waals surface area (Å²) in [6.07, 6.45) is 0.922. The van der Waals surface area contributed by atoms with Crippen LogP contribution in [-0.2, 0) is 0 Å². The first-order chi connectivity index (χ1) is 7.31. The molecule has 0 aliphatic carbocycles. The predicted octanol–water partition coefficient (Wildman–Crippen LogP) is 2.03. The highest BCUT2D eigenvalue weighted by molar-refractivity contribution is 5.41. The van der Waals surface area contributed by atoms with Crippen LogP contribution in [0.3, 0.4) is 0 Å². The third kappa shape index (κ3) is 2.23. The summed E-state index contributed by atoms with van der Waals surface area (Å²) < 4.78 is 11.4. The molecule has 0 amide bonds. The van der Waals surface area contributed by atoms with Gasteiger partial charge in [0, 0.05) is 5.92 Å². The van der Waals surface area contributed by atoms with Crippen molar-refractivity contribution >= 4 is 0 Å². The lowest BCUT2D eigenvalue weighted by molar-refractivity contribution is -0.0000224. The summed E-state index contributed by atoms with van der Waals surface area (Å²) in [5.74, 6) is 2.11. The van der Waals surface area contributed by atoms with Gasteiger partial charge in [-0.3, -0.25) is 0 Å². The van der Waals surface area contributed by atoms with Gasteiger partial charge in [-0.1, -0.05) is 19.1 Å². The second kappa shape index (κ2) is 4.53. The molecule has 0 radical (unpaired) electrons. The lowest BCUT2D eigenvalue weighted by Crippen LogP contribution is -2.29. The Bertz CT molecular complexity index is 302. The second-order valence-corrected chi connectivity index (χ2v) is 3.92. The number of nitrogens with one attached hydrogen (secondary N) is 1. The van der Waals surface area contributed by atoms with Gasteiger partial charge in [-0.2, -0.15) is 0 Å². The highest BCUT2D eigenvalue weighted by Gasteiger charge is 2.28. The van der Waals surface area contributed by atoms with Crippen molar-refractivity contribution < 1.29 is 9.47 Å². The molecular formula is C12H17NO2. The normalized spacial score (nSPS) is 16.7. The molecule has 0 saturated heterocycles. The van der Waals surface area contributed by atoms with Crippen molar-refractivity contribution in [3.05, 3.63) is 24.3 Å². The molecule has 1 aromatic rings. The topological polar surface area (TPSA) is 30.5 Å². The van der Waals surface area contributed by atoms with Crippen LogP contribution in [0.25, 0.3) is 0 Å². The first kappa shape index (κ1) is 10.3. The zero-order chi connectivity index (χ0) is 10.7. The van der Waals surface area contributed by atoms with Gasteiger partial charge >= 0.3 is 0 Å². The minimum Gasteiger partial charge on any atom is -0.451 e. The molecule has 3 heteroatoms. The van der Waals surface area contributed by atoms with Gasteiger partial charge < -0.3 is 14.8 Å². The summed E-state index contributed by atoms with van der Waals surface area (Å²) in [5.41, 5.74) is 0. The first-order valence-electron chi connectivity index (χ1n) is 5.38.